The average Bonchev–Trinajstić information content (AvgIpc) is 3.59. The van der Waals surface area contributed by atoms with E-state index in [1.807, 2.05) is 18.2 Å². The Morgan fingerprint density at radius 3 is 1.94 bits per heavy atom. The Balaban J connectivity index is 1.16. The first-order chi connectivity index (χ1) is 25.8. The van der Waals surface area contributed by atoms with Gasteiger partial charge >= 0.3 is 0 Å². The highest BCUT2D eigenvalue weighted by Crippen LogP contribution is 2.51. The zero-order valence-corrected chi connectivity index (χ0v) is 28.7. The third-order valence-electron chi connectivity index (χ3n) is 10.2. The van der Waals surface area contributed by atoms with E-state index in [-0.39, 0.29) is 0 Å². The van der Waals surface area contributed by atoms with E-state index in [4.69, 9.17) is 15.0 Å². The molecule has 11 rings (SSSR count). The summed E-state index contributed by atoms with van der Waals surface area (Å²) in [6.45, 7) is 0. The summed E-state index contributed by atoms with van der Waals surface area (Å²) < 4.78 is 2.49. The molecule has 0 saturated heterocycles. The van der Waals surface area contributed by atoms with E-state index in [1.54, 1.807) is 11.3 Å². The first kappa shape index (κ1) is 29.1. The molecule has 0 saturated carbocycles. The van der Waals surface area contributed by atoms with Crippen molar-refractivity contribution in [1.29, 1.82) is 0 Å². The standard InChI is InChI=1S/C47H28N4S/c1-2-12-30(13-3-1)45-48-46(32-24-25-37-36-19-7-9-23-42(36)52-43(37)27-32)50-47(49-45)39-28-33(26-31-14-4-5-17-34(31)39)51-40-21-8-6-18-35(40)38-20-10-15-29-16-11-22-41(51)44(29)38/h1-28H. The molecule has 0 spiro atoms. The van der Waals surface area contributed by atoms with Crippen molar-refractivity contribution in [2.75, 3.05) is 4.90 Å². The van der Waals surface area contributed by atoms with Crippen molar-refractivity contribution in [3.63, 3.8) is 0 Å². The number of rotatable bonds is 4. The topological polar surface area (TPSA) is 41.9 Å². The molecule has 0 unspecified atom stereocenters. The molecule has 2 aromatic heterocycles. The molecule has 1 aliphatic heterocycles. The minimum atomic E-state index is 0.641. The maximum Gasteiger partial charge on any atom is 0.164 e. The van der Waals surface area contributed by atoms with Crippen LogP contribution in [-0.4, -0.2) is 15.0 Å². The molecule has 0 aliphatic carbocycles. The SMILES string of the molecule is c1ccc(-c2nc(-c3ccc4c(c3)sc3ccccc34)nc(-c3cc(N4c5ccccc5-c5cccc6cccc4c56)cc4ccccc34)n2)cc1. The van der Waals surface area contributed by atoms with Gasteiger partial charge in [0, 0.05) is 53.5 Å². The lowest BCUT2D eigenvalue weighted by Gasteiger charge is -2.34. The molecule has 4 nitrogen and oxygen atoms in total. The van der Waals surface area contributed by atoms with Crippen LogP contribution in [0.2, 0.25) is 0 Å². The van der Waals surface area contributed by atoms with Crippen LogP contribution in [0.5, 0.6) is 0 Å². The van der Waals surface area contributed by atoms with E-state index in [1.165, 1.54) is 42.1 Å². The minimum Gasteiger partial charge on any atom is -0.309 e. The molecule has 1 aliphatic rings. The monoisotopic (exact) mass is 680 g/mol. The van der Waals surface area contributed by atoms with Crippen LogP contribution in [0.4, 0.5) is 17.1 Å². The second-order valence-electron chi connectivity index (χ2n) is 13.2. The maximum atomic E-state index is 5.28. The molecule has 3 heterocycles. The van der Waals surface area contributed by atoms with Crippen molar-refractivity contribution in [2.45, 2.75) is 0 Å². The Hall–Kier alpha value is -6.69. The van der Waals surface area contributed by atoms with Crippen molar-refractivity contribution in [2.24, 2.45) is 0 Å². The fraction of sp³-hybridized carbons (Fsp3) is 0. The molecule has 0 fully saturated rings. The van der Waals surface area contributed by atoms with E-state index in [0.29, 0.717) is 17.5 Å². The number of benzene rings is 8. The molecule has 0 amide bonds. The van der Waals surface area contributed by atoms with Crippen LogP contribution in [-0.2, 0) is 0 Å². The molecule has 8 aromatic carbocycles. The maximum absolute atomic E-state index is 5.28. The van der Waals surface area contributed by atoms with E-state index in [2.05, 4.69) is 157 Å². The number of aromatic nitrogens is 3. The summed E-state index contributed by atoms with van der Waals surface area (Å²) in [4.78, 5) is 18.0. The quantitative estimate of drug-likeness (QED) is 0.186. The van der Waals surface area contributed by atoms with E-state index < -0.39 is 0 Å². The van der Waals surface area contributed by atoms with Crippen LogP contribution >= 0.6 is 11.3 Å². The van der Waals surface area contributed by atoms with Gasteiger partial charge in [-0.05, 0) is 58.1 Å². The van der Waals surface area contributed by atoms with Gasteiger partial charge in [0.05, 0.1) is 11.4 Å². The highest BCUT2D eigenvalue weighted by molar-refractivity contribution is 7.25. The summed E-state index contributed by atoms with van der Waals surface area (Å²) >= 11 is 1.80. The number of hydrogen-bond acceptors (Lipinski definition) is 5. The minimum absolute atomic E-state index is 0.641. The smallest absolute Gasteiger partial charge is 0.164 e. The Bertz CT molecular complexity index is 3030. The fourth-order valence-electron chi connectivity index (χ4n) is 7.85. The average molecular weight is 681 g/mol. The lowest BCUT2D eigenvalue weighted by Crippen LogP contribution is -2.15. The van der Waals surface area contributed by atoms with Crippen LogP contribution in [0.3, 0.4) is 0 Å². The predicted molar refractivity (Wildman–Crippen MR) is 218 cm³/mol. The summed E-state index contributed by atoms with van der Waals surface area (Å²) in [5, 5.41) is 7.21. The van der Waals surface area contributed by atoms with Crippen LogP contribution in [0.15, 0.2) is 170 Å². The number of hydrogen-bond donors (Lipinski definition) is 0. The molecular formula is C47H28N4S. The summed E-state index contributed by atoms with van der Waals surface area (Å²) in [7, 11) is 0. The number of nitrogens with zero attached hydrogens (tertiary/aromatic N) is 4. The Morgan fingerprint density at radius 2 is 1.04 bits per heavy atom. The third-order valence-corrected chi connectivity index (χ3v) is 11.3. The van der Waals surface area contributed by atoms with Crippen LogP contribution in [0.1, 0.15) is 0 Å². The summed E-state index contributed by atoms with van der Waals surface area (Å²) in [6, 6.07) is 60.4. The highest BCUT2D eigenvalue weighted by Gasteiger charge is 2.27. The van der Waals surface area contributed by atoms with Gasteiger partial charge in [0.15, 0.2) is 17.5 Å². The second-order valence-corrected chi connectivity index (χ2v) is 14.3. The van der Waals surface area contributed by atoms with Gasteiger partial charge in [0.25, 0.3) is 0 Å². The zero-order chi connectivity index (χ0) is 34.2. The van der Waals surface area contributed by atoms with Crippen LogP contribution in [0.25, 0.3) is 87.0 Å². The van der Waals surface area contributed by atoms with Crippen LogP contribution < -0.4 is 4.90 Å². The van der Waals surface area contributed by atoms with Crippen molar-refractivity contribution in [1.82, 2.24) is 15.0 Å². The Labute approximate surface area is 303 Å². The van der Waals surface area contributed by atoms with Gasteiger partial charge in [-0.25, -0.2) is 15.0 Å². The molecule has 0 atom stereocenters. The molecule has 5 heteroatoms. The van der Waals surface area contributed by atoms with Gasteiger partial charge in [-0.2, -0.15) is 0 Å². The number of fused-ring (bicyclic) bond motifs is 6. The van der Waals surface area contributed by atoms with Crippen molar-refractivity contribution in [3.05, 3.63) is 170 Å². The van der Waals surface area contributed by atoms with Crippen molar-refractivity contribution < 1.29 is 0 Å². The molecular weight excluding hydrogens is 653 g/mol. The van der Waals surface area contributed by atoms with Gasteiger partial charge in [-0.15, -0.1) is 11.3 Å². The summed E-state index contributed by atoms with van der Waals surface area (Å²) in [6.07, 6.45) is 0. The summed E-state index contributed by atoms with van der Waals surface area (Å²) in [5.74, 6) is 1.94. The van der Waals surface area contributed by atoms with Gasteiger partial charge in [-0.3, -0.25) is 0 Å². The molecule has 10 aromatic rings. The zero-order valence-electron chi connectivity index (χ0n) is 27.9. The van der Waals surface area contributed by atoms with Crippen molar-refractivity contribution in [3.8, 4) is 45.3 Å². The van der Waals surface area contributed by atoms with E-state index >= 15 is 0 Å². The van der Waals surface area contributed by atoms with Gasteiger partial charge in [0.1, 0.15) is 0 Å². The Morgan fingerprint density at radius 1 is 0.385 bits per heavy atom. The van der Waals surface area contributed by atoms with Crippen LogP contribution in [0, 0.1) is 0 Å². The van der Waals surface area contributed by atoms with E-state index in [9.17, 15) is 0 Å². The van der Waals surface area contributed by atoms with Gasteiger partial charge < -0.3 is 4.90 Å². The molecule has 242 valence electrons. The van der Waals surface area contributed by atoms with E-state index in [0.717, 1.165) is 44.5 Å². The normalized spacial score (nSPS) is 12.2. The first-order valence-corrected chi connectivity index (χ1v) is 18.3. The van der Waals surface area contributed by atoms with Gasteiger partial charge in [-0.1, -0.05) is 133 Å². The number of thiophene rings is 1. The number of para-hydroxylation sites is 1. The third kappa shape index (κ3) is 4.50. The largest absolute Gasteiger partial charge is 0.309 e. The first-order valence-electron chi connectivity index (χ1n) is 17.4. The summed E-state index contributed by atoms with van der Waals surface area (Å²) in [5.41, 5.74) is 8.70. The molecule has 0 bridgehead atoms. The Kier molecular flexibility index (Phi) is 6.39. The highest BCUT2D eigenvalue weighted by atomic mass is 32.1. The molecule has 0 radical (unpaired) electrons. The number of anilines is 3. The molecule has 52 heavy (non-hydrogen) atoms. The lowest BCUT2D eigenvalue weighted by molar-refractivity contribution is 1.08. The van der Waals surface area contributed by atoms with Crippen molar-refractivity contribution >= 4 is 70.1 Å². The second kappa shape index (κ2) is 11.4. The fourth-order valence-corrected chi connectivity index (χ4v) is 9.00. The van der Waals surface area contributed by atoms with Gasteiger partial charge in [0.2, 0.25) is 0 Å². The lowest BCUT2D eigenvalue weighted by atomic mass is 9.90. The predicted octanol–water partition coefficient (Wildman–Crippen LogP) is 13.0. The molecule has 0 N–H and O–H groups in total.